The van der Waals surface area contributed by atoms with Crippen LogP contribution in [0.4, 0.5) is 5.69 Å². The van der Waals surface area contributed by atoms with Gasteiger partial charge >= 0.3 is 5.97 Å². The summed E-state index contributed by atoms with van der Waals surface area (Å²) in [6.45, 7) is 0. The summed E-state index contributed by atoms with van der Waals surface area (Å²) >= 11 is 1.44. The van der Waals surface area contributed by atoms with E-state index in [-0.39, 0.29) is 11.8 Å². The average molecular weight is 306 g/mol. The van der Waals surface area contributed by atoms with Gasteiger partial charge in [0, 0.05) is 23.4 Å². The van der Waals surface area contributed by atoms with Gasteiger partial charge in [-0.05, 0) is 30.2 Å². The van der Waals surface area contributed by atoms with E-state index in [1.807, 2.05) is 0 Å². The number of carboxylic acids is 1. The summed E-state index contributed by atoms with van der Waals surface area (Å²) in [5, 5.41) is 11.9. The molecule has 3 rings (SSSR count). The molecule has 0 bridgehead atoms. The summed E-state index contributed by atoms with van der Waals surface area (Å²) in [4.78, 5) is 36.3. The van der Waals surface area contributed by atoms with Crippen LogP contribution in [0.15, 0.2) is 18.2 Å². The van der Waals surface area contributed by atoms with Crippen molar-refractivity contribution in [2.24, 2.45) is 0 Å². The van der Waals surface area contributed by atoms with Gasteiger partial charge in [-0.1, -0.05) is 0 Å². The normalized spacial score (nSPS) is 20.9. The molecule has 1 atom stereocenters. The van der Waals surface area contributed by atoms with E-state index >= 15 is 0 Å². The van der Waals surface area contributed by atoms with E-state index in [4.69, 9.17) is 5.11 Å². The lowest BCUT2D eigenvalue weighted by molar-refractivity contribution is -0.140. The molecule has 2 amide bonds. The molecule has 0 aromatic heterocycles. The minimum absolute atomic E-state index is 0.0246. The number of rotatable bonds is 2. The van der Waals surface area contributed by atoms with Gasteiger partial charge in [-0.15, -0.1) is 11.8 Å². The van der Waals surface area contributed by atoms with Gasteiger partial charge < -0.3 is 15.3 Å². The second-order valence-electron chi connectivity index (χ2n) is 5.05. The molecule has 1 aromatic carbocycles. The smallest absolute Gasteiger partial charge is 0.327 e. The minimum atomic E-state index is -0.974. The zero-order valence-corrected chi connectivity index (χ0v) is 12.0. The highest BCUT2D eigenvalue weighted by Crippen LogP contribution is 2.27. The van der Waals surface area contributed by atoms with Gasteiger partial charge in [0.05, 0.1) is 5.88 Å². The molecule has 1 fully saturated rings. The summed E-state index contributed by atoms with van der Waals surface area (Å²) in [6, 6.07) is 4.32. The van der Waals surface area contributed by atoms with Gasteiger partial charge in [0.25, 0.3) is 5.91 Å². The van der Waals surface area contributed by atoms with E-state index in [1.54, 1.807) is 18.2 Å². The van der Waals surface area contributed by atoms with Crippen molar-refractivity contribution < 1.29 is 19.5 Å². The summed E-state index contributed by atoms with van der Waals surface area (Å²) in [6.07, 6.45) is 1.00. The van der Waals surface area contributed by atoms with Crippen molar-refractivity contribution in [1.29, 1.82) is 0 Å². The molecule has 0 saturated carbocycles. The Morgan fingerprint density at radius 2 is 2.14 bits per heavy atom. The summed E-state index contributed by atoms with van der Waals surface area (Å²) in [5.74, 6) is -0.458. The van der Waals surface area contributed by atoms with Crippen molar-refractivity contribution >= 4 is 35.2 Å². The van der Waals surface area contributed by atoms with Crippen LogP contribution in [0.2, 0.25) is 0 Å². The molecule has 0 radical (unpaired) electrons. The lowest BCUT2D eigenvalue weighted by Gasteiger charge is -2.22. The number of amides is 2. The molecule has 110 valence electrons. The Hall–Kier alpha value is -2.02. The van der Waals surface area contributed by atoms with Gasteiger partial charge in [-0.2, -0.15) is 0 Å². The maximum absolute atomic E-state index is 12.5. The number of aliphatic carboxylic acids is 1. The molecule has 0 spiro atoms. The van der Waals surface area contributed by atoms with E-state index < -0.39 is 12.0 Å². The molecule has 2 aliphatic rings. The number of carbonyl (C=O) groups excluding carboxylic acids is 2. The zero-order valence-electron chi connectivity index (χ0n) is 11.2. The lowest BCUT2D eigenvalue weighted by Crippen LogP contribution is -2.41. The largest absolute Gasteiger partial charge is 0.480 e. The topological polar surface area (TPSA) is 86.7 Å². The van der Waals surface area contributed by atoms with Crippen molar-refractivity contribution in [3.05, 3.63) is 29.3 Å². The highest BCUT2D eigenvalue weighted by molar-refractivity contribution is 7.99. The van der Waals surface area contributed by atoms with E-state index in [1.165, 1.54) is 16.7 Å². The number of hydrogen-bond donors (Lipinski definition) is 2. The van der Waals surface area contributed by atoms with Crippen molar-refractivity contribution in [3.8, 4) is 0 Å². The first-order valence-electron chi connectivity index (χ1n) is 6.60. The van der Waals surface area contributed by atoms with E-state index in [0.717, 1.165) is 11.3 Å². The Balaban J connectivity index is 1.85. The lowest BCUT2D eigenvalue weighted by atomic mass is 10.00. The Morgan fingerprint density at radius 3 is 2.90 bits per heavy atom. The average Bonchev–Trinajstić information content (AvgIpc) is 2.95. The Morgan fingerprint density at radius 1 is 1.33 bits per heavy atom. The molecular weight excluding hydrogens is 292 g/mol. The van der Waals surface area contributed by atoms with Gasteiger partial charge in [-0.3, -0.25) is 9.59 Å². The van der Waals surface area contributed by atoms with E-state index in [2.05, 4.69) is 5.32 Å². The van der Waals surface area contributed by atoms with Crippen molar-refractivity contribution in [1.82, 2.24) is 4.90 Å². The van der Waals surface area contributed by atoms with Crippen LogP contribution in [-0.2, 0) is 16.0 Å². The SMILES string of the molecule is O=C1CCc2cc(C(=O)N3CSC[C@H]3C(=O)O)ccc2N1. The number of aryl methyl sites for hydroxylation is 1. The summed E-state index contributed by atoms with van der Waals surface area (Å²) < 4.78 is 0. The monoisotopic (exact) mass is 306 g/mol. The molecule has 2 aliphatic heterocycles. The number of anilines is 1. The quantitative estimate of drug-likeness (QED) is 0.856. The van der Waals surface area contributed by atoms with Crippen LogP contribution in [0.25, 0.3) is 0 Å². The van der Waals surface area contributed by atoms with Crippen LogP contribution in [-0.4, -0.2) is 45.5 Å². The Kier molecular flexibility index (Phi) is 3.59. The van der Waals surface area contributed by atoms with Crippen LogP contribution in [0.1, 0.15) is 22.3 Å². The number of nitrogens with one attached hydrogen (secondary N) is 1. The number of thioether (sulfide) groups is 1. The highest BCUT2D eigenvalue weighted by atomic mass is 32.2. The molecule has 2 N–H and O–H groups in total. The second-order valence-corrected chi connectivity index (χ2v) is 6.05. The molecule has 2 heterocycles. The van der Waals surface area contributed by atoms with Gasteiger partial charge in [0.2, 0.25) is 5.91 Å². The third-order valence-electron chi connectivity index (χ3n) is 3.68. The van der Waals surface area contributed by atoms with E-state index in [0.29, 0.717) is 30.0 Å². The molecule has 0 aliphatic carbocycles. The maximum atomic E-state index is 12.5. The molecular formula is C14H14N2O4S. The number of fused-ring (bicyclic) bond motifs is 1. The third-order valence-corrected chi connectivity index (χ3v) is 4.69. The summed E-state index contributed by atoms with van der Waals surface area (Å²) in [5.41, 5.74) is 2.12. The predicted octanol–water partition coefficient (Wildman–Crippen LogP) is 1.17. The standard InChI is InChI=1S/C14H14N2O4S/c17-12-4-2-8-5-9(1-3-10(8)15-12)13(18)16-7-21-6-11(16)14(19)20/h1,3,5,11H,2,4,6-7H2,(H,15,17)(H,19,20)/t11-/m0/s1. The van der Waals surface area contributed by atoms with Gasteiger partial charge in [0.1, 0.15) is 6.04 Å². The van der Waals surface area contributed by atoms with Crippen LogP contribution in [0.5, 0.6) is 0 Å². The number of benzene rings is 1. The molecule has 7 heteroatoms. The minimum Gasteiger partial charge on any atom is -0.480 e. The van der Waals surface area contributed by atoms with Crippen molar-refractivity contribution in [2.45, 2.75) is 18.9 Å². The Labute approximate surface area is 125 Å². The van der Waals surface area contributed by atoms with E-state index in [9.17, 15) is 14.4 Å². The fourth-order valence-corrected chi connectivity index (χ4v) is 3.67. The predicted molar refractivity (Wildman–Crippen MR) is 78.3 cm³/mol. The summed E-state index contributed by atoms with van der Waals surface area (Å²) in [7, 11) is 0. The first-order chi connectivity index (χ1) is 10.1. The third kappa shape index (κ3) is 2.61. The molecule has 1 saturated heterocycles. The maximum Gasteiger partial charge on any atom is 0.327 e. The number of carbonyl (C=O) groups is 3. The Bertz CT molecular complexity index is 631. The van der Waals surface area contributed by atoms with Crippen LogP contribution in [0.3, 0.4) is 0 Å². The highest BCUT2D eigenvalue weighted by Gasteiger charge is 2.35. The second kappa shape index (κ2) is 5.40. The van der Waals surface area contributed by atoms with Crippen molar-refractivity contribution in [2.75, 3.05) is 16.9 Å². The van der Waals surface area contributed by atoms with Crippen molar-refractivity contribution in [3.63, 3.8) is 0 Å². The fraction of sp³-hybridized carbons (Fsp3) is 0.357. The fourth-order valence-electron chi connectivity index (χ4n) is 2.53. The number of nitrogens with zero attached hydrogens (tertiary/aromatic N) is 1. The van der Waals surface area contributed by atoms with Gasteiger partial charge in [0.15, 0.2) is 0 Å². The van der Waals surface area contributed by atoms with Crippen LogP contribution in [0, 0.1) is 0 Å². The van der Waals surface area contributed by atoms with Gasteiger partial charge in [-0.25, -0.2) is 4.79 Å². The molecule has 21 heavy (non-hydrogen) atoms. The first-order valence-corrected chi connectivity index (χ1v) is 7.76. The number of carboxylic acid groups (broad SMARTS) is 1. The first kappa shape index (κ1) is 13.9. The molecule has 1 aromatic rings. The van der Waals surface area contributed by atoms with Crippen LogP contribution >= 0.6 is 11.8 Å². The molecule has 0 unspecified atom stereocenters. The van der Waals surface area contributed by atoms with Crippen LogP contribution < -0.4 is 5.32 Å². The zero-order chi connectivity index (χ0) is 15.0. The molecule has 6 nitrogen and oxygen atoms in total. The number of hydrogen-bond acceptors (Lipinski definition) is 4.